The monoisotopic (exact) mass is 227 g/mol. The molecule has 1 saturated heterocycles. The minimum absolute atomic E-state index is 0.376. The summed E-state index contributed by atoms with van der Waals surface area (Å²) in [5.41, 5.74) is 0. The Morgan fingerprint density at radius 1 is 1.47 bits per heavy atom. The van der Waals surface area contributed by atoms with Gasteiger partial charge in [-0.25, -0.2) is 14.4 Å². The van der Waals surface area contributed by atoms with Crippen molar-refractivity contribution in [2.45, 2.75) is 18.0 Å². The molecule has 5 heteroatoms. The minimum atomic E-state index is -0.376. The fraction of sp³-hybridized carbons (Fsp3) is 0.600. The van der Waals surface area contributed by atoms with Gasteiger partial charge in [-0.3, -0.25) is 0 Å². The Hall–Kier alpha value is -0.680. The number of aromatic nitrogens is 2. The van der Waals surface area contributed by atoms with E-state index in [9.17, 15) is 4.39 Å². The fourth-order valence-electron chi connectivity index (χ4n) is 1.63. The van der Waals surface area contributed by atoms with Crippen molar-refractivity contribution in [2.24, 2.45) is 5.92 Å². The van der Waals surface area contributed by atoms with E-state index in [0.717, 1.165) is 18.8 Å². The molecule has 1 unspecified atom stereocenters. The van der Waals surface area contributed by atoms with Gasteiger partial charge in [-0.15, -0.1) is 0 Å². The normalized spacial score (nSPS) is 21.5. The van der Waals surface area contributed by atoms with Crippen molar-refractivity contribution < 1.29 is 4.39 Å². The molecule has 1 aromatic rings. The van der Waals surface area contributed by atoms with Crippen molar-refractivity contribution in [3.8, 4) is 0 Å². The van der Waals surface area contributed by atoms with E-state index in [2.05, 4.69) is 15.3 Å². The Kier molecular flexibility index (Phi) is 3.91. The quantitative estimate of drug-likeness (QED) is 0.630. The summed E-state index contributed by atoms with van der Waals surface area (Å²) in [6.07, 6.45) is 4.94. The van der Waals surface area contributed by atoms with Crippen LogP contribution in [0.25, 0.3) is 0 Å². The summed E-state index contributed by atoms with van der Waals surface area (Å²) in [5, 5.41) is 4.03. The van der Waals surface area contributed by atoms with E-state index in [4.69, 9.17) is 0 Å². The third-order valence-electron chi connectivity index (χ3n) is 2.44. The lowest BCUT2D eigenvalue weighted by atomic mass is 10.0. The number of rotatable bonds is 3. The smallest absolute Gasteiger partial charge is 0.187 e. The number of thioether (sulfide) groups is 1. The van der Waals surface area contributed by atoms with Gasteiger partial charge in [0.2, 0.25) is 0 Å². The molecule has 82 valence electrons. The first kappa shape index (κ1) is 10.8. The number of hydrogen-bond donors (Lipinski definition) is 1. The average molecular weight is 227 g/mol. The lowest BCUT2D eigenvalue weighted by Gasteiger charge is -2.21. The maximum Gasteiger partial charge on any atom is 0.187 e. The third kappa shape index (κ3) is 3.43. The molecule has 1 aliphatic rings. The number of hydrogen-bond acceptors (Lipinski definition) is 4. The van der Waals surface area contributed by atoms with Crippen LogP contribution in [0.15, 0.2) is 17.6 Å². The molecule has 0 saturated carbocycles. The van der Waals surface area contributed by atoms with Crippen molar-refractivity contribution in [3.63, 3.8) is 0 Å². The van der Waals surface area contributed by atoms with Crippen LogP contribution in [0, 0.1) is 11.7 Å². The molecule has 2 rings (SSSR count). The van der Waals surface area contributed by atoms with Crippen LogP contribution in [0.1, 0.15) is 12.8 Å². The van der Waals surface area contributed by atoms with Crippen LogP contribution < -0.4 is 5.32 Å². The van der Waals surface area contributed by atoms with Gasteiger partial charge < -0.3 is 5.32 Å². The Labute approximate surface area is 92.9 Å². The average Bonchev–Trinajstić information content (AvgIpc) is 2.30. The van der Waals surface area contributed by atoms with E-state index < -0.39 is 0 Å². The highest BCUT2D eigenvalue weighted by atomic mass is 32.2. The summed E-state index contributed by atoms with van der Waals surface area (Å²) in [6, 6.07) is 0. The van der Waals surface area contributed by atoms with Gasteiger partial charge in [-0.2, -0.15) is 0 Å². The summed E-state index contributed by atoms with van der Waals surface area (Å²) in [6.45, 7) is 2.21. The van der Waals surface area contributed by atoms with Gasteiger partial charge in [0.1, 0.15) is 0 Å². The van der Waals surface area contributed by atoms with Crippen LogP contribution in [-0.4, -0.2) is 28.8 Å². The Morgan fingerprint density at radius 3 is 2.93 bits per heavy atom. The molecule has 0 bridgehead atoms. The molecule has 1 N–H and O–H groups in total. The standard InChI is InChI=1S/C10H14FN3S/c11-9-5-13-10(14-6-9)15-7-8-2-1-3-12-4-8/h5-6,8,12H,1-4,7H2. The zero-order valence-electron chi connectivity index (χ0n) is 8.45. The zero-order chi connectivity index (χ0) is 10.5. The van der Waals surface area contributed by atoms with Crippen molar-refractivity contribution in [3.05, 3.63) is 18.2 Å². The Balaban J connectivity index is 1.79. The molecule has 0 radical (unpaired) electrons. The number of nitrogens with zero attached hydrogens (tertiary/aromatic N) is 2. The van der Waals surface area contributed by atoms with Crippen LogP contribution in [0.2, 0.25) is 0 Å². The third-order valence-corrected chi connectivity index (χ3v) is 3.55. The summed E-state index contributed by atoms with van der Waals surface area (Å²) in [5.74, 6) is 1.33. The zero-order valence-corrected chi connectivity index (χ0v) is 9.26. The molecule has 1 aliphatic heterocycles. The molecule has 0 aliphatic carbocycles. The highest BCUT2D eigenvalue weighted by Gasteiger charge is 2.13. The molecule has 15 heavy (non-hydrogen) atoms. The molecule has 1 aromatic heterocycles. The van der Waals surface area contributed by atoms with E-state index in [0.29, 0.717) is 11.1 Å². The number of piperidine rings is 1. The molecule has 0 amide bonds. The Bertz CT molecular complexity index is 298. The molecule has 1 atom stereocenters. The fourth-order valence-corrected chi connectivity index (χ4v) is 2.56. The molecular weight excluding hydrogens is 213 g/mol. The van der Waals surface area contributed by atoms with Gasteiger partial charge in [0.25, 0.3) is 0 Å². The predicted molar refractivity (Wildman–Crippen MR) is 58.3 cm³/mol. The lowest BCUT2D eigenvalue weighted by molar-refractivity contribution is 0.410. The second-order valence-corrected chi connectivity index (χ2v) is 4.69. The molecule has 0 spiro atoms. The first-order valence-corrected chi connectivity index (χ1v) is 6.14. The topological polar surface area (TPSA) is 37.8 Å². The van der Waals surface area contributed by atoms with Gasteiger partial charge in [0.15, 0.2) is 11.0 Å². The summed E-state index contributed by atoms with van der Waals surface area (Å²) in [7, 11) is 0. The van der Waals surface area contributed by atoms with Crippen LogP contribution in [0.5, 0.6) is 0 Å². The van der Waals surface area contributed by atoms with Crippen LogP contribution in [0.4, 0.5) is 4.39 Å². The van der Waals surface area contributed by atoms with Crippen LogP contribution in [0.3, 0.4) is 0 Å². The second kappa shape index (κ2) is 5.42. The summed E-state index contributed by atoms with van der Waals surface area (Å²) in [4.78, 5) is 7.84. The van der Waals surface area contributed by atoms with Gasteiger partial charge in [0, 0.05) is 5.75 Å². The van der Waals surface area contributed by atoms with Gasteiger partial charge in [-0.05, 0) is 31.8 Å². The number of nitrogens with one attached hydrogen (secondary N) is 1. The lowest BCUT2D eigenvalue weighted by Crippen LogP contribution is -2.30. The van der Waals surface area contributed by atoms with E-state index in [-0.39, 0.29) is 5.82 Å². The van der Waals surface area contributed by atoms with Crippen molar-refractivity contribution in [1.29, 1.82) is 0 Å². The molecule has 1 fully saturated rings. The predicted octanol–water partition coefficient (Wildman–Crippen LogP) is 1.71. The van der Waals surface area contributed by atoms with Gasteiger partial charge >= 0.3 is 0 Å². The van der Waals surface area contributed by atoms with E-state index in [1.807, 2.05) is 0 Å². The molecular formula is C10H14FN3S. The van der Waals surface area contributed by atoms with Crippen molar-refractivity contribution in [1.82, 2.24) is 15.3 Å². The summed E-state index contributed by atoms with van der Waals surface area (Å²) >= 11 is 1.61. The molecule has 0 aromatic carbocycles. The Morgan fingerprint density at radius 2 is 2.27 bits per heavy atom. The largest absolute Gasteiger partial charge is 0.316 e. The van der Waals surface area contributed by atoms with Crippen LogP contribution >= 0.6 is 11.8 Å². The maximum atomic E-state index is 12.5. The second-order valence-electron chi connectivity index (χ2n) is 3.71. The maximum absolute atomic E-state index is 12.5. The highest BCUT2D eigenvalue weighted by Crippen LogP contribution is 2.20. The van der Waals surface area contributed by atoms with Crippen molar-refractivity contribution >= 4 is 11.8 Å². The van der Waals surface area contributed by atoms with Crippen LogP contribution in [-0.2, 0) is 0 Å². The molecule has 2 heterocycles. The van der Waals surface area contributed by atoms with E-state index in [1.54, 1.807) is 11.8 Å². The minimum Gasteiger partial charge on any atom is -0.316 e. The SMILES string of the molecule is Fc1cnc(SCC2CCCNC2)nc1. The number of halogens is 1. The highest BCUT2D eigenvalue weighted by molar-refractivity contribution is 7.99. The van der Waals surface area contributed by atoms with E-state index in [1.165, 1.54) is 25.2 Å². The van der Waals surface area contributed by atoms with Gasteiger partial charge in [0.05, 0.1) is 12.4 Å². The summed E-state index contributed by atoms with van der Waals surface area (Å²) < 4.78 is 12.5. The van der Waals surface area contributed by atoms with Gasteiger partial charge in [-0.1, -0.05) is 11.8 Å². The molecule has 3 nitrogen and oxygen atoms in total. The van der Waals surface area contributed by atoms with E-state index >= 15 is 0 Å². The van der Waals surface area contributed by atoms with Crippen molar-refractivity contribution in [2.75, 3.05) is 18.8 Å². The first-order chi connectivity index (χ1) is 7.34. The first-order valence-electron chi connectivity index (χ1n) is 5.15.